The number of carbonyl (C=O) groups is 1. The highest BCUT2D eigenvalue weighted by atomic mass is 16.2. The summed E-state index contributed by atoms with van der Waals surface area (Å²) in [4.78, 5) is 16.2. The molecule has 0 saturated carbocycles. The van der Waals surface area contributed by atoms with Gasteiger partial charge in [-0.3, -0.25) is 9.69 Å². The van der Waals surface area contributed by atoms with Crippen molar-refractivity contribution in [3.05, 3.63) is 29.8 Å². The third-order valence-electron chi connectivity index (χ3n) is 3.55. The number of anilines is 1. The summed E-state index contributed by atoms with van der Waals surface area (Å²) in [7, 11) is 0. The van der Waals surface area contributed by atoms with Crippen molar-refractivity contribution >= 4 is 11.6 Å². The average Bonchev–Trinajstić information content (AvgIpc) is 2.47. The van der Waals surface area contributed by atoms with Gasteiger partial charge in [0.2, 0.25) is 5.91 Å². The molecule has 1 fully saturated rings. The molecule has 2 rings (SSSR count). The highest BCUT2D eigenvalue weighted by molar-refractivity contribution is 5.78. The molecule has 21 heavy (non-hydrogen) atoms. The molecule has 0 bridgehead atoms. The fraction of sp³-hybridized carbons (Fsp3) is 0.500. The molecule has 0 radical (unpaired) electrons. The van der Waals surface area contributed by atoms with Crippen molar-refractivity contribution < 1.29 is 4.79 Å². The maximum atomic E-state index is 11.7. The van der Waals surface area contributed by atoms with E-state index < -0.39 is 0 Å². The van der Waals surface area contributed by atoms with E-state index >= 15 is 0 Å². The largest absolute Gasteiger partial charge is 0.369 e. The molecule has 0 atom stereocenters. The molecule has 0 aromatic heterocycles. The topological polar surface area (TPSA) is 59.4 Å². The maximum Gasteiger partial charge on any atom is 0.234 e. The van der Waals surface area contributed by atoms with Gasteiger partial charge in [-0.15, -0.1) is 0 Å². The van der Waals surface area contributed by atoms with Crippen LogP contribution in [0.2, 0.25) is 0 Å². The molecule has 1 aromatic carbocycles. The Labute approximate surface area is 126 Å². The zero-order valence-electron chi connectivity index (χ0n) is 12.7. The maximum absolute atomic E-state index is 11.7. The number of rotatable bonds is 4. The number of hydrogen-bond donors (Lipinski definition) is 1. The van der Waals surface area contributed by atoms with E-state index in [1.54, 1.807) is 0 Å². The summed E-state index contributed by atoms with van der Waals surface area (Å²) >= 11 is 0. The van der Waals surface area contributed by atoms with Crippen LogP contribution < -0.4 is 10.2 Å². The minimum atomic E-state index is 0.0943. The Morgan fingerprint density at radius 3 is 2.38 bits per heavy atom. The first kappa shape index (κ1) is 15.3. The van der Waals surface area contributed by atoms with E-state index in [0.29, 0.717) is 12.1 Å². The molecule has 1 heterocycles. The SMILES string of the molecule is CC(C)NC(=O)CN1CCN(c2ccc(C#N)cc2)CC1. The lowest BCUT2D eigenvalue weighted by Gasteiger charge is -2.35. The van der Waals surface area contributed by atoms with E-state index in [1.165, 1.54) is 0 Å². The van der Waals surface area contributed by atoms with Crippen molar-refractivity contribution in [1.82, 2.24) is 10.2 Å². The molecule has 0 unspecified atom stereocenters. The smallest absolute Gasteiger partial charge is 0.234 e. The van der Waals surface area contributed by atoms with Crippen molar-refractivity contribution in [3.8, 4) is 6.07 Å². The van der Waals surface area contributed by atoms with Gasteiger partial charge in [0.15, 0.2) is 0 Å². The second-order valence-electron chi connectivity index (χ2n) is 5.64. The number of nitrogens with one attached hydrogen (secondary N) is 1. The number of carbonyl (C=O) groups excluding carboxylic acids is 1. The van der Waals surface area contributed by atoms with E-state index in [2.05, 4.69) is 21.2 Å². The summed E-state index contributed by atoms with van der Waals surface area (Å²) in [6.45, 7) is 7.99. The van der Waals surface area contributed by atoms with Gasteiger partial charge in [-0.25, -0.2) is 0 Å². The molecule has 0 aliphatic carbocycles. The number of nitrogens with zero attached hydrogens (tertiary/aromatic N) is 3. The van der Waals surface area contributed by atoms with Crippen LogP contribution in [0, 0.1) is 11.3 Å². The van der Waals surface area contributed by atoms with E-state index in [1.807, 2.05) is 38.1 Å². The van der Waals surface area contributed by atoms with Gasteiger partial charge in [-0.2, -0.15) is 5.26 Å². The molecule has 1 amide bonds. The summed E-state index contributed by atoms with van der Waals surface area (Å²) in [5.74, 6) is 0.0943. The van der Waals surface area contributed by atoms with Crippen molar-refractivity contribution in [3.63, 3.8) is 0 Å². The van der Waals surface area contributed by atoms with Crippen LogP contribution in [0.25, 0.3) is 0 Å². The fourth-order valence-corrected chi connectivity index (χ4v) is 2.48. The van der Waals surface area contributed by atoms with Crippen molar-refractivity contribution in [1.29, 1.82) is 5.26 Å². The summed E-state index contributed by atoms with van der Waals surface area (Å²) in [6.07, 6.45) is 0. The summed E-state index contributed by atoms with van der Waals surface area (Å²) in [6, 6.07) is 9.98. The number of piperazine rings is 1. The molecular weight excluding hydrogens is 264 g/mol. The number of amides is 1. The Morgan fingerprint density at radius 1 is 1.24 bits per heavy atom. The Morgan fingerprint density at radius 2 is 1.86 bits per heavy atom. The number of benzene rings is 1. The van der Waals surface area contributed by atoms with Crippen LogP contribution in [-0.2, 0) is 4.79 Å². The Balaban J connectivity index is 1.82. The van der Waals surface area contributed by atoms with E-state index in [4.69, 9.17) is 5.26 Å². The fourth-order valence-electron chi connectivity index (χ4n) is 2.48. The first-order valence-corrected chi connectivity index (χ1v) is 7.35. The standard InChI is InChI=1S/C16H22N4O/c1-13(2)18-16(21)12-19-7-9-20(10-8-19)15-5-3-14(11-17)4-6-15/h3-6,13H,7-10,12H2,1-2H3,(H,18,21). The minimum Gasteiger partial charge on any atom is -0.369 e. The first-order chi connectivity index (χ1) is 10.1. The molecule has 5 heteroatoms. The van der Waals surface area contributed by atoms with E-state index in [0.717, 1.165) is 31.9 Å². The van der Waals surface area contributed by atoms with Gasteiger partial charge in [0, 0.05) is 37.9 Å². The Hall–Kier alpha value is -2.06. The van der Waals surface area contributed by atoms with Crippen LogP contribution in [0.4, 0.5) is 5.69 Å². The molecule has 1 saturated heterocycles. The second-order valence-corrected chi connectivity index (χ2v) is 5.64. The van der Waals surface area contributed by atoms with Crippen LogP contribution in [0.3, 0.4) is 0 Å². The lowest BCUT2D eigenvalue weighted by molar-refractivity contribution is -0.122. The summed E-state index contributed by atoms with van der Waals surface area (Å²) in [5, 5.41) is 11.7. The van der Waals surface area contributed by atoms with Crippen LogP contribution in [0.5, 0.6) is 0 Å². The quantitative estimate of drug-likeness (QED) is 0.903. The third kappa shape index (κ3) is 4.47. The monoisotopic (exact) mass is 286 g/mol. The van der Waals surface area contributed by atoms with Crippen LogP contribution in [-0.4, -0.2) is 49.6 Å². The predicted molar refractivity (Wildman–Crippen MR) is 83.1 cm³/mol. The van der Waals surface area contributed by atoms with Crippen LogP contribution in [0.15, 0.2) is 24.3 Å². The second kappa shape index (κ2) is 7.09. The molecule has 0 spiro atoms. The van der Waals surface area contributed by atoms with Crippen molar-refractivity contribution in [2.45, 2.75) is 19.9 Å². The van der Waals surface area contributed by atoms with Crippen molar-refractivity contribution in [2.75, 3.05) is 37.6 Å². The first-order valence-electron chi connectivity index (χ1n) is 7.35. The molecular formula is C16H22N4O. The van der Waals surface area contributed by atoms with Gasteiger partial charge >= 0.3 is 0 Å². The Kier molecular flexibility index (Phi) is 5.18. The molecule has 5 nitrogen and oxygen atoms in total. The Bertz CT molecular complexity index is 510. The van der Waals surface area contributed by atoms with Gasteiger partial charge in [-0.05, 0) is 38.1 Å². The highest BCUT2D eigenvalue weighted by Gasteiger charge is 2.19. The zero-order valence-corrected chi connectivity index (χ0v) is 12.7. The van der Waals surface area contributed by atoms with Crippen LogP contribution in [0.1, 0.15) is 19.4 Å². The van der Waals surface area contributed by atoms with Gasteiger partial charge in [0.05, 0.1) is 18.2 Å². The molecule has 1 N–H and O–H groups in total. The lowest BCUT2D eigenvalue weighted by atomic mass is 10.2. The molecule has 1 aliphatic rings. The van der Waals surface area contributed by atoms with Gasteiger partial charge in [-0.1, -0.05) is 0 Å². The average molecular weight is 286 g/mol. The van der Waals surface area contributed by atoms with E-state index in [-0.39, 0.29) is 11.9 Å². The van der Waals surface area contributed by atoms with E-state index in [9.17, 15) is 4.79 Å². The van der Waals surface area contributed by atoms with Gasteiger partial charge in [0.25, 0.3) is 0 Å². The number of hydrogen-bond acceptors (Lipinski definition) is 4. The molecule has 112 valence electrons. The third-order valence-corrected chi connectivity index (χ3v) is 3.55. The summed E-state index contributed by atoms with van der Waals surface area (Å²) in [5.41, 5.74) is 1.82. The predicted octanol–water partition coefficient (Wildman–Crippen LogP) is 1.20. The van der Waals surface area contributed by atoms with Crippen molar-refractivity contribution in [2.24, 2.45) is 0 Å². The summed E-state index contributed by atoms with van der Waals surface area (Å²) < 4.78 is 0. The highest BCUT2D eigenvalue weighted by Crippen LogP contribution is 2.17. The zero-order chi connectivity index (χ0) is 15.2. The van der Waals surface area contributed by atoms with Gasteiger partial charge in [0.1, 0.15) is 0 Å². The molecule has 1 aromatic rings. The normalized spacial score (nSPS) is 15.8. The minimum absolute atomic E-state index is 0.0943. The molecule has 1 aliphatic heterocycles. The van der Waals surface area contributed by atoms with Gasteiger partial charge < -0.3 is 10.2 Å². The number of nitriles is 1. The lowest BCUT2D eigenvalue weighted by Crippen LogP contribution is -2.50. The van der Waals surface area contributed by atoms with Crippen LogP contribution >= 0.6 is 0 Å².